The van der Waals surface area contributed by atoms with Crippen molar-refractivity contribution in [3.05, 3.63) is 47.4 Å². The number of aromatic amines is 1. The highest BCUT2D eigenvalue weighted by Gasteiger charge is 2.04. The molecule has 19 heavy (non-hydrogen) atoms. The second-order valence-electron chi connectivity index (χ2n) is 3.83. The first kappa shape index (κ1) is 11.9. The Kier molecular flexibility index (Phi) is 3.26. The van der Waals surface area contributed by atoms with Gasteiger partial charge in [0, 0.05) is 0 Å². The highest BCUT2D eigenvalue weighted by atomic mass is 35.5. The van der Waals surface area contributed by atoms with Gasteiger partial charge in [0.2, 0.25) is 11.2 Å². The monoisotopic (exact) mass is 275 g/mol. The lowest BCUT2D eigenvalue weighted by Crippen LogP contribution is -2.02. The molecule has 0 amide bonds. The molecule has 2 N–H and O–H groups in total. The summed E-state index contributed by atoms with van der Waals surface area (Å²) in [5, 5.41) is 0.174. The number of rotatable bonds is 4. The van der Waals surface area contributed by atoms with Gasteiger partial charge in [-0.1, -0.05) is 30.3 Å². The number of aromatic nitrogens is 4. The molecule has 6 nitrogen and oxygen atoms in total. The smallest absolute Gasteiger partial charge is 0.226 e. The summed E-state index contributed by atoms with van der Waals surface area (Å²) in [6.07, 6.45) is 1.55. The maximum atomic E-state index is 5.69. The number of benzene rings is 1. The highest BCUT2D eigenvalue weighted by Crippen LogP contribution is 2.13. The van der Waals surface area contributed by atoms with Gasteiger partial charge < -0.3 is 4.98 Å². The molecule has 7 heteroatoms. The number of H-pyrrole nitrogens is 1. The van der Waals surface area contributed by atoms with E-state index in [2.05, 4.69) is 25.4 Å². The molecule has 0 fully saturated rings. The summed E-state index contributed by atoms with van der Waals surface area (Å²) in [6.45, 7) is 0.435. The van der Waals surface area contributed by atoms with Crippen molar-refractivity contribution in [2.24, 2.45) is 0 Å². The fourth-order valence-corrected chi connectivity index (χ4v) is 1.73. The van der Waals surface area contributed by atoms with Gasteiger partial charge in [0.05, 0.1) is 12.8 Å². The maximum absolute atomic E-state index is 5.69. The fourth-order valence-electron chi connectivity index (χ4n) is 1.60. The Labute approximate surface area is 113 Å². The second kappa shape index (κ2) is 5.21. The fraction of sp³-hybridized carbons (Fsp3) is 0.0833. The molecule has 0 atom stereocenters. The molecular weight excluding hydrogens is 266 g/mol. The van der Waals surface area contributed by atoms with Crippen molar-refractivity contribution in [3.8, 4) is 0 Å². The maximum Gasteiger partial charge on any atom is 0.226 e. The van der Waals surface area contributed by atoms with Crippen molar-refractivity contribution in [2.45, 2.75) is 6.61 Å². The van der Waals surface area contributed by atoms with Crippen LogP contribution in [0.4, 0.5) is 5.95 Å². The Morgan fingerprint density at radius 2 is 2.05 bits per heavy atom. The van der Waals surface area contributed by atoms with E-state index in [1.807, 2.05) is 30.3 Å². The largest absolute Gasteiger partial charge is 0.307 e. The highest BCUT2D eigenvalue weighted by molar-refractivity contribution is 6.28. The van der Waals surface area contributed by atoms with Crippen molar-refractivity contribution in [2.75, 3.05) is 5.48 Å². The topological polar surface area (TPSA) is 75.7 Å². The molecule has 3 rings (SSSR count). The Balaban J connectivity index is 1.65. The van der Waals surface area contributed by atoms with Crippen LogP contribution in [0, 0.1) is 0 Å². The summed E-state index contributed by atoms with van der Waals surface area (Å²) in [4.78, 5) is 20.3. The minimum absolute atomic E-state index is 0.174. The van der Waals surface area contributed by atoms with E-state index in [0.29, 0.717) is 23.7 Å². The number of nitrogens with one attached hydrogen (secondary N) is 2. The van der Waals surface area contributed by atoms with Crippen molar-refractivity contribution in [3.63, 3.8) is 0 Å². The molecule has 0 spiro atoms. The van der Waals surface area contributed by atoms with Crippen molar-refractivity contribution < 1.29 is 4.84 Å². The number of halogens is 1. The van der Waals surface area contributed by atoms with Crippen LogP contribution in [0.3, 0.4) is 0 Å². The molecular formula is C12H10ClN5O. The predicted octanol–water partition coefficient (Wildman–Crippen LogP) is 2.55. The van der Waals surface area contributed by atoms with Crippen LogP contribution in [-0.2, 0) is 11.4 Å². The van der Waals surface area contributed by atoms with E-state index in [9.17, 15) is 0 Å². The van der Waals surface area contributed by atoms with E-state index in [1.165, 1.54) is 0 Å². The molecule has 0 bridgehead atoms. The molecule has 96 valence electrons. The average molecular weight is 276 g/mol. The van der Waals surface area contributed by atoms with Gasteiger partial charge >= 0.3 is 0 Å². The molecule has 0 radical (unpaired) electrons. The standard InChI is InChI=1S/C12H10ClN5O/c13-11-14-6-9-10(16-11)17-12(15-9)18-19-7-8-4-2-1-3-5-8/h1-6H,7H2,(H2,14,15,16,17,18). The van der Waals surface area contributed by atoms with Gasteiger partial charge in [0.15, 0.2) is 5.65 Å². The number of imidazole rings is 1. The lowest BCUT2D eigenvalue weighted by molar-refractivity contribution is 0.178. The van der Waals surface area contributed by atoms with Gasteiger partial charge in [-0.25, -0.2) is 15.4 Å². The van der Waals surface area contributed by atoms with Gasteiger partial charge in [0.1, 0.15) is 5.52 Å². The molecule has 0 saturated carbocycles. The Morgan fingerprint density at radius 3 is 2.89 bits per heavy atom. The van der Waals surface area contributed by atoms with Crippen molar-refractivity contribution in [1.29, 1.82) is 0 Å². The minimum atomic E-state index is 0.174. The van der Waals surface area contributed by atoms with Crippen LogP contribution >= 0.6 is 11.6 Å². The molecule has 0 aliphatic carbocycles. The number of nitrogens with zero attached hydrogens (tertiary/aromatic N) is 3. The van der Waals surface area contributed by atoms with E-state index >= 15 is 0 Å². The quantitative estimate of drug-likeness (QED) is 0.565. The first-order chi connectivity index (χ1) is 9.31. The third kappa shape index (κ3) is 2.81. The molecule has 1 aromatic carbocycles. The van der Waals surface area contributed by atoms with Gasteiger partial charge in [-0.05, 0) is 17.2 Å². The molecule has 2 heterocycles. The van der Waals surface area contributed by atoms with Crippen LogP contribution < -0.4 is 5.48 Å². The van der Waals surface area contributed by atoms with Crippen LogP contribution in [0.25, 0.3) is 11.2 Å². The summed E-state index contributed by atoms with van der Waals surface area (Å²) in [6, 6.07) is 9.82. The molecule has 0 aliphatic rings. The van der Waals surface area contributed by atoms with Crippen LogP contribution in [-0.4, -0.2) is 19.9 Å². The van der Waals surface area contributed by atoms with Crippen molar-refractivity contribution >= 4 is 28.7 Å². The summed E-state index contributed by atoms with van der Waals surface area (Å²) in [5.41, 5.74) is 4.97. The van der Waals surface area contributed by atoms with E-state index < -0.39 is 0 Å². The van der Waals surface area contributed by atoms with Crippen LogP contribution in [0.15, 0.2) is 36.5 Å². The van der Waals surface area contributed by atoms with E-state index in [0.717, 1.165) is 5.56 Å². The van der Waals surface area contributed by atoms with E-state index in [1.54, 1.807) is 6.20 Å². The zero-order valence-electron chi connectivity index (χ0n) is 9.80. The van der Waals surface area contributed by atoms with E-state index in [-0.39, 0.29) is 5.28 Å². The molecule has 3 aromatic rings. The SMILES string of the molecule is Clc1ncc2nc(NOCc3ccccc3)[nH]c2n1. The summed E-state index contributed by atoms with van der Waals surface area (Å²) < 4.78 is 0. The Hall–Kier alpha value is -2.18. The van der Waals surface area contributed by atoms with Crippen LogP contribution in [0.5, 0.6) is 0 Å². The lowest BCUT2D eigenvalue weighted by Gasteiger charge is -2.03. The number of hydrogen-bond donors (Lipinski definition) is 2. The Bertz CT molecular complexity index is 685. The van der Waals surface area contributed by atoms with Gasteiger partial charge in [-0.2, -0.15) is 4.98 Å². The number of anilines is 1. The normalized spacial score (nSPS) is 10.8. The van der Waals surface area contributed by atoms with Crippen LogP contribution in [0.2, 0.25) is 5.28 Å². The lowest BCUT2D eigenvalue weighted by atomic mass is 10.2. The van der Waals surface area contributed by atoms with Crippen molar-refractivity contribution in [1.82, 2.24) is 19.9 Å². The second-order valence-corrected chi connectivity index (χ2v) is 4.17. The predicted molar refractivity (Wildman–Crippen MR) is 71.5 cm³/mol. The molecule has 2 aromatic heterocycles. The average Bonchev–Trinajstić information content (AvgIpc) is 2.82. The first-order valence-electron chi connectivity index (χ1n) is 5.61. The number of fused-ring (bicyclic) bond motifs is 1. The molecule has 0 saturated heterocycles. The summed E-state index contributed by atoms with van der Waals surface area (Å²) >= 11 is 5.69. The number of hydrogen-bond acceptors (Lipinski definition) is 5. The Morgan fingerprint density at radius 1 is 1.21 bits per heavy atom. The third-order valence-corrected chi connectivity index (χ3v) is 2.64. The molecule has 0 aliphatic heterocycles. The van der Waals surface area contributed by atoms with Gasteiger partial charge in [-0.15, -0.1) is 0 Å². The third-order valence-electron chi connectivity index (χ3n) is 2.46. The van der Waals surface area contributed by atoms with Crippen LogP contribution in [0.1, 0.15) is 5.56 Å². The summed E-state index contributed by atoms with van der Waals surface area (Å²) in [7, 11) is 0. The zero-order chi connectivity index (χ0) is 13.1. The van der Waals surface area contributed by atoms with Gasteiger partial charge in [-0.3, -0.25) is 4.84 Å². The minimum Gasteiger partial charge on any atom is -0.307 e. The molecule has 0 unspecified atom stereocenters. The summed E-state index contributed by atoms with van der Waals surface area (Å²) in [5.74, 6) is 0.461. The first-order valence-corrected chi connectivity index (χ1v) is 5.99. The van der Waals surface area contributed by atoms with Gasteiger partial charge in [0.25, 0.3) is 0 Å². The zero-order valence-corrected chi connectivity index (χ0v) is 10.6. The van der Waals surface area contributed by atoms with E-state index in [4.69, 9.17) is 16.4 Å².